The molecule has 1 saturated heterocycles. The zero-order valence-electron chi connectivity index (χ0n) is 19.1. The maximum Gasteiger partial charge on any atom is 0.264 e. The number of aromatic nitrogens is 2. The van der Waals surface area contributed by atoms with Crippen molar-refractivity contribution in [2.45, 2.75) is 38.6 Å². The highest BCUT2D eigenvalue weighted by Crippen LogP contribution is 2.32. The number of amides is 4. The number of carbonyl (C=O) groups is 4. The van der Waals surface area contributed by atoms with Gasteiger partial charge in [0.15, 0.2) is 0 Å². The Hall–Kier alpha value is -3.86. The molecule has 2 aliphatic heterocycles. The molecule has 5 rings (SSSR count). The SMILES string of the molecule is Cc1nc(NCCCCNc2cccc3c2C(=O)N(C2CCC(=O)NC2=O)C3=O)c2ccsc2n1. The van der Waals surface area contributed by atoms with Gasteiger partial charge in [-0.15, -0.1) is 11.3 Å². The van der Waals surface area contributed by atoms with Crippen molar-refractivity contribution in [2.24, 2.45) is 0 Å². The predicted molar refractivity (Wildman–Crippen MR) is 131 cm³/mol. The number of benzene rings is 1. The van der Waals surface area contributed by atoms with Gasteiger partial charge in [0.05, 0.1) is 16.5 Å². The number of hydrogen-bond donors (Lipinski definition) is 3. The molecule has 1 unspecified atom stereocenters. The van der Waals surface area contributed by atoms with Gasteiger partial charge in [0.2, 0.25) is 11.8 Å². The van der Waals surface area contributed by atoms with Gasteiger partial charge in [0.1, 0.15) is 22.5 Å². The quantitative estimate of drug-likeness (QED) is 0.323. The van der Waals surface area contributed by atoms with E-state index in [0.717, 1.165) is 46.1 Å². The number of fused-ring (bicyclic) bond motifs is 2. The maximum atomic E-state index is 13.1. The standard InChI is InChI=1S/C24H24N6O4S/c1-13-27-20(15-9-12-35-22(15)28-13)26-11-3-2-10-25-16-6-4-5-14-19(16)24(34)30(23(14)33)17-7-8-18(31)29-21(17)32/h4-6,9,12,17,25H,2-3,7-8,10-11H2,1H3,(H,26,27,28)(H,29,31,32). The number of unbranched alkanes of at least 4 members (excludes halogenated alkanes) is 1. The van der Waals surface area contributed by atoms with Crippen LogP contribution < -0.4 is 16.0 Å². The van der Waals surface area contributed by atoms with E-state index in [2.05, 4.69) is 25.9 Å². The van der Waals surface area contributed by atoms with Gasteiger partial charge in [0.25, 0.3) is 11.8 Å². The third-order valence-electron chi connectivity index (χ3n) is 6.12. The molecule has 1 aromatic carbocycles. The highest BCUT2D eigenvalue weighted by Gasteiger charge is 2.45. The number of imide groups is 2. The molecule has 1 atom stereocenters. The molecule has 0 spiro atoms. The summed E-state index contributed by atoms with van der Waals surface area (Å²) in [6.45, 7) is 3.21. The monoisotopic (exact) mass is 492 g/mol. The molecule has 10 nitrogen and oxygen atoms in total. The Balaban J connectivity index is 1.18. The lowest BCUT2D eigenvalue weighted by atomic mass is 10.0. The van der Waals surface area contributed by atoms with E-state index in [0.29, 0.717) is 12.2 Å². The number of hydrogen-bond acceptors (Lipinski definition) is 9. The largest absolute Gasteiger partial charge is 0.384 e. The summed E-state index contributed by atoms with van der Waals surface area (Å²) in [4.78, 5) is 60.7. The van der Waals surface area contributed by atoms with E-state index >= 15 is 0 Å². The van der Waals surface area contributed by atoms with E-state index < -0.39 is 29.7 Å². The first-order chi connectivity index (χ1) is 16.9. The van der Waals surface area contributed by atoms with Crippen LogP contribution in [0.3, 0.4) is 0 Å². The molecule has 1 fully saturated rings. The summed E-state index contributed by atoms with van der Waals surface area (Å²) < 4.78 is 0. The van der Waals surface area contributed by atoms with E-state index in [1.54, 1.807) is 29.5 Å². The van der Waals surface area contributed by atoms with Gasteiger partial charge in [-0.2, -0.15) is 0 Å². The Morgan fingerprint density at radius 1 is 1.06 bits per heavy atom. The minimum Gasteiger partial charge on any atom is -0.384 e. The van der Waals surface area contributed by atoms with Crippen molar-refractivity contribution in [3.8, 4) is 0 Å². The van der Waals surface area contributed by atoms with Crippen LogP contribution in [-0.2, 0) is 9.59 Å². The molecule has 35 heavy (non-hydrogen) atoms. The van der Waals surface area contributed by atoms with Crippen LogP contribution in [0.25, 0.3) is 10.2 Å². The van der Waals surface area contributed by atoms with Gasteiger partial charge in [-0.1, -0.05) is 6.07 Å². The molecule has 0 radical (unpaired) electrons. The van der Waals surface area contributed by atoms with Crippen molar-refractivity contribution in [3.05, 3.63) is 46.6 Å². The van der Waals surface area contributed by atoms with E-state index in [1.807, 2.05) is 18.4 Å². The van der Waals surface area contributed by atoms with Gasteiger partial charge in [-0.25, -0.2) is 9.97 Å². The minimum absolute atomic E-state index is 0.0927. The van der Waals surface area contributed by atoms with Crippen molar-refractivity contribution in [1.82, 2.24) is 20.2 Å². The molecule has 0 saturated carbocycles. The number of piperidine rings is 1. The molecule has 0 bridgehead atoms. The van der Waals surface area contributed by atoms with Gasteiger partial charge >= 0.3 is 0 Å². The van der Waals surface area contributed by atoms with Crippen molar-refractivity contribution in [2.75, 3.05) is 23.7 Å². The first-order valence-corrected chi connectivity index (χ1v) is 12.4. The Labute approximate surface area is 205 Å². The number of aryl methyl sites for hydroxylation is 1. The highest BCUT2D eigenvalue weighted by molar-refractivity contribution is 7.16. The lowest BCUT2D eigenvalue weighted by molar-refractivity contribution is -0.136. The summed E-state index contributed by atoms with van der Waals surface area (Å²) in [7, 11) is 0. The van der Waals surface area contributed by atoms with Crippen LogP contribution in [0.2, 0.25) is 0 Å². The number of carbonyl (C=O) groups excluding carboxylic acids is 4. The average molecular weight is 493 g/mol. The van der Waals surface area contributed by atoms with Gasteiger partial charge in [-0.3, -0.25) is 29.4 Å². The fourth-order valence-electron chi connectivity index (χ4n) is 4.44. The first kappa shape index (κ1) is 22.9. The van der Waals surface area contributed by atoms with E-state index in [1.165, 1.54) is 0 Å². The topological polar surface area (TPSA) is 133 Å². The maximum absolute atomic E-state index is 13.1. The third kappa shape index (κ3) is 4.34. The molecular formula is C24H24N6O4S. The molecule has 2 aromatic heterocycles. The third-order valence-corrected chi connectivity index (χ3v) is 6.92. The van der Waals surface area contributed by atoms with Crippen LogP contribution in [0.4, 0.5) is 11.5 Å². The molecule has 180 valence electrons. The van der Waals surface area contributed by atoms with Crippen LogP contribution in [0.5, 0.6) is 0 Å². The van der Waals surface area contributed by atoms with Gasteiger partial charge < -0.3 is 10.6 Å². The van der Waals surface area contributed by atoms with Gasteiger partial charge in [0, 0.05) is 25.2 Å². The molecule has 2 aliphatic rings. The van der Waals surface area contributed by atoms with Crippen LogP contribution in [0.1, 0.15) is 52.2 Å². The summed E-state index contributed by atoms with van der Waals surface area (Å²) in [6.07, 6.45) is 1.92. The van der Waals surface area contributed by atoms with Crippen molar-refractivity contribution < 1.29 is 19.2 Å². The predicted octanol–water partition coefficient (Wildman–Crippen LogP) is 2.71. The first-order valence-electron chi connectivity index (χ1n) is 11.5. The fourth-order valence-corrected chi connectivity index (χ4v) is 5.25. The van der Waals surface area contributed by atoms with Crippen molar-refractivity contribution in [3.63, 3.8) is 0 Å². The van der Waals surface area contributed by atoms with Gasteiger partial charge in [-0.05, 0) is 49.8 Å². The molecule has 3 N–H and O–H groups in total. The fraction of sp³-hybridized carbons (Fsp3) is 0.333. The molecule has 0 aliphatic carbocycles. The Morgan fingerprint density at radius 2 is 1.86 bits per heavy atom. The molecule has 4 amide bonds. The molecule has 4 heterocycles. The summed E-state index contributed by atoms with van der Waals surface area (Å²) in [5.74, 6) is -0.464. The smallest absolute Gasteiger partial charge is 0.264 e. The number of rotatable bonds is 8. The second-order valence-electron chi connectivity index (χ2n) is 8.49. The number of anilines is 2. The van der Waals surface area contributed by atoms with Crippen LogP contribution >= 0.6 is 11.3 Å². The van der Waals surface area contributed by atoms with Crippen LogP contribution in [-0.4, -0.2) is 57.6 Å². The Bertz CT molecular complexity index is 1350. The molecular weight excluding hydrogens is 468 g/mol. The van der Waals surface area contributed by atoms with Crippen LogP contribution in [0.15, 0.2) is 29.6 Å². The summed E-state index contributed by atoms with van der Waals surface area (Å²) >= 11 is 1.59. The van der Waals surface area contributed by atoms with Crippen molar-refractivity contribution in [1.29, 1.82) is 0 Å². The average Bonchev–Trinajstić information content (AvgIpc) is 3.39. The number of nitrogens with one attached hydrogen (secondary N) is 3. The zero-order chi connectivity index (χ0) is 24.5. The summed E-state index contributed by atoms with van der Waals surface area (Å²) in [5.41, 5.74) is 1.11. The van der Waals surface area contributed by atoms with E-state index in [9.17, 15) is 19.2 Å². The molecule has 3 aromatic rings. The second kappa shape index (κ2) is 9.41. The number of nitrogens with zero attached hydrogens (tertiary/aromatic N) is 3. The Morgan fingerprint density at radius 3 is 2.66 bits per heavy atom. The zero-order valence-corrected chi connectivity index (χ0v) is 19.9. The van der Waals surface area contributed by atoms with Crippen LogP contribution in [0, 0.1) is 6.92 Å². The lowest BCUT2D eigenvalue weighted by Gasteiger charge is -2.27. The summed E-state index contributed by atoms with van der Waals surface area (Å²) in [5, 5.41) is 11.9. The highest BCUT2D eigenvalue weighted by atomic mass is 32.1. The molecule has 11 heteroatoms. The minimum atomic E-state index is -0.973. The Kier molecular flexibility index (Phi) is 6.16. The van der Waals surface area contributed by atoms with Crippen molar-refractivity contribution >= 4 is 56.7 Å². The summed E-state index contributed by atoms with van der Waals surface area (Å²) in [6, 6.07) is 6.10. The van der Waals surface area contributed by atoms with E-state index in [-0.39, 0.29) is 24.0 Å². The second-order valence-corrected chi connectivity index (χ2v) is 9.39. The van der Waals surface area contributed by atoms with E-state index in [4.69, 9.17) is 0 Å². The lowest BCUT2D eigenvalue weighted by Crippen LogP contribution is -2.54. The normalized spacial score (nSPS) is 17.6. The number of thiophene rings is 1.